The van der Waals surface area contributed by atoms with E-state index in [9.17, 15) is 57.9 Å². The second-order valence-corrected chi connectivity index (χ2v) is 9.80. The van der Waals surface area contributed by atoms with Gasteiger partial charge in [0, 0.05) is 12.4 Å². The summed E-state index contributed by atoms with van der Waals surface area (Å²) in [6, 6.07) is 0. The van der Waals surface area contributed by atoms with E-state index in [0.29, 0.717) is 6.61 Å². The van der Waals surface area contributed by atoms with Crippen molar-refractivity contribution in [1.82, 2.24) is 0 Å². The summed E-state index contributed by atoms with van der Waals surface area (Å²) in [6.45, 7) is 1.11. The molecule has 0 N–H and O–H groups in total. The quantitative estimate of drug-likeness (QED) is 0.142. The van der Waals surface area contributed by atoms with E-state index in [4.69, 9.17) is 4.74 Å². The SMILES string of the molecule is C[N+](C)(C)CCOC(=O)CCCC(=O)[O-].O=S(=O)([N-]S(=O)(=O)C(F)(F)F)C(F)(F)F.[Li+]. The number of sulfonamides is 2. The number of carbonyl (C=O) groups excluding carboxylic acids is 2. The van der Waals surface area contributed by atoms with E-state index in [2.05, 4.69) is 0 Å². The summed E-state index contributed by atoms with van der Waals surface area (Å²) in [7, 11) is -7.43. The summed E-state index contributed by atoms with van der Waals surface area (Å²) in [4.78, 5) is 21.1. The van der Waals surface area contributed by atoms with E-state index in [1.807, 2.05) is 21.1 Å². The average Bonchev–Trinajstić information content (AvgIpc) is 2.42. The minimum Gasteiger partial charge on any atom is -0.550 e. The van der Waals surface area contributed by atoms with Gasteiger partial charge in [0.25, 0.3) is 0 Å². The summed E-state index contributed by atoms with van der Waals surface area (Å²) < 4.78 is 115. The number of carboxylic acids is 1. The average molecular weight is 504 g/mol. The maximum atomic E-state index is 11.4. The molecule has 0 aromatic carbocycles. The Hall–Kier alpha value is -1.06. The van der Waals surface area contributed by atoms with Gasteiger partial charge < -0.3 is 23.2 Å². The van der Waals surface area contributed by atoms with Crippen molar-refractivity contribution >= 4 is 32.0 Å². The molecule has 0 aromatic heterocycles. The van der Waals surface area contributed by atoms with Crippen molar-refractivity contribution in [3.05, 3.63) is 4.13 Å². The number of alkyl halides is 6. The number of quaternary nitrogens is 1. The Morgan fingerprint density at radius 3 is 1.58 bits per heavy atom. The molecule has 0 atom stereocenters. The number of hydrogen-bond donors (Lipinski definition) is 0. The number of aliphatic carboxylic acids is 1. The molecule has 0 bridgehead atoms. The molecular formula is C12H19F6LiN2O8S2. The maximum absolute atomic E-state index is 11.4. The van der Waals surface area contributed by atoms with Crippen LogP contribution in [0.1, 0.15) is 19.3 Å². The number of esters is 1. The fourth-order valence-electron chi connectivity index (χ4n) is 1.10. The molecule has 19 heteroatoms. The molecule has 0 saturated heterocycles. The number of halogens is 6. The topological polar surface area (TPSA) is 149 Å². The van der Waals surface area contributed by atoms with Crippen LogP contribution in [-0.4, -0.2) is 78.6 Å². The van der Waals surface area contributed by atoms with Crippen LogP contribution in [0.25, 0.3) is 4.13 Å². The smallest absolute Gasteiger partial charge is 0.550 e. The van der Waals surface area contributed by atoms with E-state index in [-0.39, 0.29) is 44.1 Å². The third-order valence-corrected chi connectivity index (χ3v) is 5.31. The second-order valence-electron chi connectivity index (χ2n) is 6.38. The minimum atomic E-state index is -6.72. The van der Waals surface area contributed by atoms with Crippen LogP contribution in [0.5, 0.6) is 0 Å². The normalized spacial score (nSPS) is 12.8. The number of carboxylic acid groups (broad SMARTS) is 1. The Morgan fingerprint density at radius 1 is 0.903 bits per heavy atom. The van der Waals surface area contributed by atoms with E-state index in [0.717, 1.165) is 15.2 Å². The minimum absolute atomic E-state index is 0. The first-order valence-corrected chi connectivity index (χ1v) is 10.4. The van der Waals surface area contributed by atoms with E-state index in [1.165, 1.54) is 0 Å². The molecule has 0 saturated carbocycles. The number of likely N-dealkylation sites (N-methyl/N-ethyl adjacent to an activating group) is 1. The molecule has 0 heterocycles. The van der Waals surface area contributed by atoms with Crippen LogP contribution >= 0.6 is 0 Å². The van der Waals surface area contributed by atoms with Crippen LogP contribution < -0.4 is 24.0 Å². The first-order valence-electron chi connectivity index (χ1n) is 7.54. The van der Waals surface area contributed by atoms with Gasteiger partial charge in [-0.1, -0.05) is 0 Å². The molecule has 0 unspecified atom stereocenters. The van der Waals surface area contributed by atoms with Gasteiger partial charge in [-0.25, -0.2) is 16.8 Å². The van der Waals surface area contributed by atoms with Crippen LogP contribution in [0, 0.1) is 0 Å². The van der Waals surface area contributed by atoms with Crippen molar-refractivity contribution in [3.8, 4) is 0 Å². The van der Waals surface area contributed by atoms with Gasteiger partial charge in [-0.05, 0) is 12.8 Å². The molecule has 0 rings (SSSR count). The van der Waals surface area contributed by atoms with Gasteiger partial charge in [0.2, 0.25) is 0 Å². The molecule has 0 amide bonds. The van der Waals surface area contributed by atoms with Crippen molar-refractivity contribution in [3.63, 3.8) is 0 Å². The fourth-order valence-corrected chi connectivity index (χ4v) is 2.81. The van der Waals surface area contributed by atoms with Gasteiger partial charge in [-0.3, -0.25) is 4.79 Å². The molecular weight excluding hydrogens is 485 g/mol. The molecule has 0 aliphatic carbocycles. The number of hydrogen-bond acceptors (Lipinski definition) is 8. The Bertz CT molecular complexity index is 749. The van der Waals surface area contributed by atoms with Crippen LogP contribution in [0.4, 0.5) is 26.3 Å². The summed E-state index contributed by atoms with van der Waals surface area (Å²) in [6.07, 6.45) is 0.334. The van der Waals surface area contributed by atoms with Crippen LogP contribution in [0.15, 0.2) is 0 Å². The second kappa shape index (κ2) is 12.8. The zero-order chi connectivity index (χ0) is 24.6. The van der Waals surface area contributed by atoms with Crippen molar-refractivity contribution in [2.24, 2.45) is 0 Å². The predicted molar refractivity (Wildman–Crippen MR) is 86.0 cm³/mol. The van der Waals surface area contributed by atoms with Crippen molar-refractivity contribution in [2.75, 3.05) is 34.3 Å². The molecule has 0 fully saturated rings. The standard InChI is InChI=1S/C10H19NO4.C2F6NO4S2.Li/c1-11(2,3)7-8-15-10(14)6-4-5-9(12)13;3-1(4,5)14(10,11)9-15(12,13)2(6,7)8;/h4-8H2,1-3H3;;/q;-1;+1. The van der Waals surface area contributed by atoms with E-state index >= 15 is 0 Å². The summed E-state index contributed by atoms with van der Waals surface area (Å²) >= 11 is 0. The van der Waals surface area contributed by atoms with Crippen molar-refractivity contribution in [1.29, 1.82) is 0 Å². The Balaban J connectivity index is -0.000000490. The summed E-state index contributed by atoms with van der Waals surface area (Å²) in [5, 5.41) is 10.1. The van der Waals surface area contributed by atoms with E-state index in [1.54, 1.807) is 0 Å². The Morgan fingerprint density at radius 2 is 1.29 bits per heavy atom. The zero-order valence-corrected chi connectivity index (χ0v) is 18.4. The van der Waals surface area contributed by atoms with Gasteiger partial charge in [0.15, 0.2) is 20.0 Å². The summed E-state index contributed by atoms with van der Waals surface area (Å²) in [5.41, 5.74) is -12.4. The van der Waals surface area contributed by atoms with Gasteiger partial charge >= 0.3 is 35.8 Å². The number of nitrogens with zero attached hydrogens (tertiary/aromatic N) is 2. The van der Waals surface area contributed by atoms with E-state index < -0.39 is 37.0 Å². The monoisotopic (exact) mass is 504 g/mol. The van der Waals surface area contributed by atoms with Gasteiger partial charge in [0.1, 0.15) is 13.2 Å². The molecule has 0 aromatic rings. The predicted octanol–water partition coefficient (Wildman–Crippen LogP) is -2.78. The van der Waals surface area contributed by atoms with Gasteiger partial charge in [0.05, 0.1) is 21.1 Å². The molecule has 0 spiro atoms. The Kier molecular flexibility index (Phi) is 14.3. The largest absolute Gasteiger partial charge is 1.00 e. The number of carbonyl (C=O) groups is 2. The van der Waals surface area contributed by atoms with Crippen molar-refractivity contribution < 1.29 is 86.0 Å². The van der Waals surface area contributed by atoms with Crippen molar-refractivity contribution in [2.45, 2.75) is 30.3 Å². The maximum Gasteiger partial charge on any atom is 1.00 e. The first-order chi connectivity index (χ1) is 13.0. The molecule has 0 aliphatic heterocycles. The first kappa shape index (κ1) is 34.5. The molecule has 31 heavy (non-hydrogen) atoms. The molecule has 10 nitrogen and oxygen atoms in total. The van der Waals surface area contributed by atoms with Gasteiger partial charge in [-0.2, -0.15) is 26.3 Å². The third-order valence-electron chi connectivity index (χ3n) is 2.57. The molecule has 180 valence electrons. The number of rotatable bonds is 9. The van der Waals surface area contributed by atoms with Crippen LogP contribution in [0.3, 0.4) is 0 Å². The Labute approximate surface area is 186 Å². The van der Waals surface area contributed by atoms with Crippen LogP contribution in [0.2, 0.25) is 0 Å². The molecule has 0 radical (unpaired) electrons. The zero-order valence-electron chi connectivity index (χ0n) is 16.8. The molecule has 0 aliphatic rings. The van der Waals surface area contributed by atoms with Gasteiger partial charge in [-0.15, -0.1) is 0 Å². The summed E-state index contributed by atoms with van der Waals surface area (Å²) in [5.74, 6) is -1.47. The number of ether oxygens (including phenoxy) is 1. The fraction of sp³-hybridized carbons (Fsp3) is 0.833. The third kappa shape index (κ3) is 16.3. The van der Waals surface area contributed by atoms with Crippen LogP contribution in [-0.2, 0) is 34.4 Å².